The summed E-state index contributed by atoms with van der Waals surface area (Å²) in [4.78, 5) is 11.8. The fourth-order valence-corrected chi connectivity index (χ4v) is 1.65. The van der Waals surface area contributed by atoms with Crippen LogP contribution in [-0.2, 0) is 0 Å². The molecule has 0 bridgehead atoms. The fraction of sp³-hybridized carbons (Fsp3) is 0.308. The summed E-state index contributed by atoms with van der Waals surface area (Å²) in [5.41, 5.74) is 1.51. The minimum atomic E-state index is -0.187. The Hall–Kier alpha value is -1.46. The summed E-state index contributed by atoms with van der Waals surface area (Å²) < 4.78 is 0. The van der Waals surface area contributed by atoms with Crippen molar-refractivity contribution in [3.63, 3.8) is 0 Å². The minimum Gasteiger partial charge on any atom is -0.349 e. The molecule has 1 aromatic carbocycles. The van der Waals surface area contributed by atoms with Crippen molar-refractivity contribution < 1.29 is 4.79 Å². The van der Waals surface area contributed by atoms with E-state index in [0.29, 0.717) is 17.0 Å². The summed E-state index contributed by atoms with van der Waals surface area (Å²) in [6.45, 7) is 3.79. The van der Waals surface area contributed by atoms with Gasteiger partial charge in [0.2, 0.25) is 0 Å². The maximum Gasteiger partial charge on any atom is 0.253 e. The van der Waals surface area contributed by atoms with Crippen molar-refractivity contribution in [3.8, 4) is 12.3 Å². The SMILES string of the molecule is C#CCC(C)NC(=O)c1ccc(C)cc1Cl. The van der Waals surface area contributed by atoms with E-state index in [0.717, 1.165) is 5.56 Å². The van der Waals surface area contributed by atoms with Crippen molar-refractivity contribution in [2.45, 2.75) is 26.3 Å². The van der Waals surface area contributed by atoms with Gasteiger partial charge in [-0.25, -0.2) is 0 Å². The molecule has 3 heteroatoms. The molecule has 1 amide bonds. The average molecular weight is 236 g/mol. The van der Waals surface area contributed by atoms with E-state index >= 15 is 0 Å². The summed E-state index contributed by atoms with van der Waals surface area (Å²) in [5.74, 6) is 2.31. The summed E-state index contributed by atoms with van der Waals surface area (Å²) in [6.07, 6.45) is 5.68. The van der Waals surface area contributed by atoms with Crippen LogP contribution in [0.3, 0.4) is 0 Å². The quantitative estimate of drug-likeness (QED) is 0.802. The molecule has 1 unspecified atom stereocenters. The number of carbonyl (C=O) groups excluding carboxylic acids is 1. The molecular weight excluding hydrogens is 222 g/mol. The van der Waals surface area contributed by atoms with E-state index < -0.39 is 0 Å². The predicted molar refractivity (Wildman–Crippen MR) is 66.6 cm³/mol. The molecule has 0 aliphatic heterocycles. The number of benzene rings is 1. The highest BCUT2D eigenvalue weighted by Crippen LogP contribution is 2.17. The predicted octanol–water partition coefficient (Wildman–Crippen LogP) is 2.79. The average Bonchev–Trinajstić information content (AvgIpc) is 2.17. The fourth-order valence-electron chi connectivity index (χ4n) is 1.33. The van der Waals surface area contributed by atoms with Gasteiger partial charge in [-0.3, -0.25) is 4.79 Å². The first-order chi connectivity index (χ1) is 7.54. The number of hydrogen-bond donors (Lipinski definition) is 1. The van der Waals surface area contributed by atoms with Crippen molar-refractivity contribution >= 4 is 17.5 Å². The Labute approximate surface area is 101 Å². The normalized spacial score (nSPS) is 11.6. The lowest BCUT2D eigenvalue weighted by Crippen LogP contribution is -2.32. The van der Waals surface area contributed by atoms with Gasteiger partial charge >= 0.3 is 0 Å². The van der Waals surface area contributed by atoms with Crippen LogP contribution in [0.2, 0.25) is 5.02 Å². The zero-order chi connectivity index (χ0) is 12.1. The molecule has 1 N–H and O–H groups in total. The number of hydrogen-bond acceptors (Lipinski definition) is 1. The summed E-state index contributed by atoms with van der Waals surface area (Å²) in [7, 11) is 0. The molecule has 2 nitrogen and oxygen atoms in total. The largest absolute Gasteiger partial charge is 0.349 e. The molecule has 0 aliphatic carbocycles. The lowest BCUT2D eigenvalue weighted by molar-refractivity contribution is 0.0941. The standard InChI is InChI=1S/C13H14ClNO/c1-4-5-10(3)15-13(16)11-7-6-9(2)8-12(11)14/h1,6-8,10H,5H2,2-3H3,(H,15,16). The Morgan fingerprint density at radius 2 is 2.31 bits per heavy atom. The number of rotatable bonds is 3. The Bertz CT molecular complexity index is 434. The Morgan fingerprint density at radius 3 is 2.88 bits per heavy atom. The Kier molecular flexibility index (Phi) is 4.39. The van der Waals surface area contributed by atoms with Crippen LogP contribution >= 0.6 is 11.6 Å². The van der Waals surface area contributed by atoms with Gasteiger partial charge in [-0.1, -0.05) is 17.7 Å². The van der Waals surface area contributed by atoms with Crippen molar-refractivity contribution in [1.29, 1.82) is 0 Å². The monoisotopic (exact) mass is 235 g/mol. The number of amides is 1. The zero-order valence-electron chi connectivity index (χ0n) is 9.38. The number of halogens is 1. The second-order valence-electron chi connectivity index (χ2n) is 3.77. The molecule has 0 fully saturated rings. The van der Waals surface area contributed by atoms with Gasteiger partial charge < -0.3 is 5.32 Å². The first-order valence-electron chi connectivity index (χ1n) is 5.05. The van der Waals surface area contributed by atoms with E-state index in [2.05, 4.69) is 11.2 Å². The summed E-state index contributed by atoms with van der Waals surface area (Å²) >= 11 is 5.98. The van der Waals surface area contributed by atoms with Crippen LogP contribution in [0.5, 0.6) is 0 Å². The van der Waals surface area contributed by atoms with Crippen LogP contribution in [-0.4, -0.2) is 11.9 Å². The van der Waals surface area contributed by atoms with Crippen molar-refractivity contribution in [2.24, 2.45) is 0 Å². The molecule has 84 valence electrons. The molecule has 1 rings (SSSR count). The summed E-state index contributed by atoms with van der Waals surface area (Å²) in [5, 5.41) is 3.25. The topological polar surface area (TPSA) is 29.1 Å². The molecule has 16 heavy (non-hydrogen) atoms. The van der Waals surface area contributed by atoms with Gasteiger partial charge in [0, 0.05) is 12.5 Å². The second-order valence-corrected chi connectivity index (χ2v) is 4.17. The van der Waals surface area contributed by atoms with Crippen molar-refractivity contribution in [3.05, 3.63) is 34.3 Å². The molecule has 0 saturated carbocycles. The van der Waals surface area contributed by atoms with E-state index in [1.807, 2.05) is 19.9 Å². The van der Waals surface area contributed by atoms with Crippen LogP contribution in [0, 0.1) is 19.3 Å². The van der Waals surface area contributed by atoms with Crippen LogP contribution in [0.4, 0.5) is 0 Å². The first kappa shape index (κ1) is 12.6. The highest BCUT2D eigenvalue weighted by molar-refractivity contribution is 6.33. The van der Waals surface area contributed by atoms with E-state index in [4.69, 9.17) is 18.0 Å². The van der Waals surface area contributed by atoms with Crippen LogP contribution < -0.4 is 5.32 Å². The molecule has 0 saturated heterocycles. The maximum absolute atomic E-state index is 11.8. The third-order valence-electron chi connectivity index (χ3n) is 2.17. The van der Waals surface area contributed by atoms with E-state index in [1.165, 1.54) is 0 Å². The molecule has 1 atom stereocenters. The smallest absolute Gasteiger partial charge is 0.253 e. The lowest BCUT2D eigenvalue weighted by atomic mass is 10.1. The van der Waals surface area contributed by atoms with Gasteiger partial charge in [0.15, 0.2) is 0 Å². The molecule has 0 spiro atoms. The van der Waals surface area contributed by atoms with Crippen LogP contribution in [0.25, 0.3) is 0 Å². The van der Waals surface area contributed by atoms with Gasteiger partial charge in [-0.05, 0) is 31.5 Å². The Balaban J connectivity index is 2.78. The van der Waals surface area contributed by atoms with Gasteiger partial charge in [0.1, 0.15) is 0 Å². The Morgan fingerprint density at radius 1 is 1.62 bits per heavy atom. The number of nitrogens with one attached hydrogen (secondary N) is 1. The molecule has 0 heterocycles. The van der Waals surface area contributed by atoms with Gasteiger partial charge in [-0.15, -0.1) is 12.3 Å². The second kappa shape index (κ2) is 5.58. The molecule has 0 aliphatic rings. The van der Waals surface area contributed by atoms with E-state index in [9.17, 15) is 4.79 Å². The van der Waals surface area contributed by atoms with Crippen molar-refractivity contribution in [2.75, 3.05) is 0 Å². The van der Waals surface area contributed by atoms with Crippen molar-refractivity contribution in [1.82, 2.24) is 5.32 Å². The van der Waals surface area contributed by atoms with Crippen LogP contribution in [0.15, 0.2) is 18.2 Å². The molecular formula is C13H14ClNO. The highest BCUT2D eigenvalue weighted by Gasteiger charge is 2.12. The lowest BCUT2D eigenvalue weighted by Gasteiger charge is -2.11. The van der Waals surface area contributed by atoms with Crippen LogP contribution in [0.1, 0.15) is 29.3 Å². The van der Waals surface area contributed by atoms with E-state index in [-0.39, 0.29) is 11.9 Å². The maximum atomic E-state index is 11.8. The minimum absolute atomic E-state index is 0.0464. The van der Waals surface area contributed by atoms with E-state index in [1.54, 1.807) is 12.1 Å². The first-order valence-corrected chi connectivity index (χ1v) is 5.43. The van der Waals surface area contributed by atoms with Gasteiger partial charge in [-0.2, -0.15) is 0 Å². The number of carbonyl (C=O) groups is 1. The van der Waals surface area contributed by atoms with Gasteiger partial charge in [0.05, 0.1) is 10.6 Å². The third kappa shape index (κ3) is 3.29. The summed E-state index contributed by atoms with van der Waals surface area (Å²) in [6, 6.07) is 5.29. The highest BCUT2D eigenvalue weighted by atomic mass is 35.5. The molecule has 1 aromatic rings. The molecule has 0 aromatic heterocycles. The third-order valence-corrected chi connectivity index (χ3v) is 2.48. The number of aryl methyl sites for hydroxylation is 1. The zero-order valence-corrected chi connectivity index (χ0v) is 10.1. The number of terminal acetylenes is 1. The molecule has 0 radical (unpaired) electrons. The van der Waals surface area contributed by atoms with Gasteiger partial charge in [0.25, 0.3) is 5.91 Å².